The Hall–Kier alpha value is 0.137. The first-order valence-electron chi connectivity index (χ1n) is 7.52. The molecule has 0 radical (unpaired) electrons. The number of rotatable bonds is 12. The Balaban J connectivity index is 4.20. The lowest BCUT2D eigenvalue weighted by Crippen LogP contribution is -2.42. The molecule has 0 aliphatic heterocycles. The van der Waals surface area contributed by atoms with Gasteiger partial charge >= 0.3 is 8.56 Å². The van der Waals surface area contributed by atoms with Crippen molar-refractivity contribution in [2.75, 3.05) is 13.2 Å². The fourth-order valence-corrected chi connectivity index (χ4v) is 5.89. The monoisotopic (exact) mass is 260 g/mol. The zero-order chi connectivity index (χ0) is 13.0. The van der Waals surface area contributed by atoms with Crippen molar-refractivity contribution in [3.63, 3.8) is 0 Å². The Morgan fingerprint density at radius 1 is 0.647 bits per heavy atom. The van der Waals surface area contributed by atoms with Gasteiger partial charge in [-0.3, -0.25) is 0 Å². The van der Waals surface area contributed by atoms with E-state index in [2.05, 4.69) is 27.7 Å². The first-order chi connectivity index (χ1) is 8.24. The van der Waals surface area contributed by atoms with E-state index in [9.17, 15) is 0 Å². The molecule has 0 atom stereocenters. The lowest BCUT2D eigenvalue weighted by atomic mass is 10.2. The Labute approximate surface area is 109 Å². The molecule has 17 heavy (non-hydrogen) atoms. The fourth-order valence-electron chi connectivity index (χ4n) is 2.25. The third-order valence-corrected chi connectivity index (χ3v) is 7.00. The molecule has 0 fully saturated rings. The lowest BCUT2D eigenvalue weighted by molar-refractivity contribution is 0.180. The molecule has 0 spiro atoms. The molecular weight excluding hydrogens is 228 g/mol. The van der Waals surface area contributed by atoms with Crippen molar-refractivity contribution in [3.05, 3.63) is 0 Å². The summed E-state index contributed by atoms with van der Waals surface area (Å²) in [6.45, 7) is 10.3. The van der Waals surface area contributed by atoms with E-state index in [0.717, 1.165) is 13.2 Å². The molecule has 0 saturated carbocycles. The highest BCUT2D eigenvalue weighted by atomic mass is 28.4. The SMILES string of the molecule is CCCCCC[Si](CCCC)(OCC)OCC. The maximum absolute atomic E-state index is 6.07. The summed E-state index contributed by atoms with van der Waals surface area (Å²) < 4.78 is 12.1. The van der Waals surface area contributed by atoms with Gasteiger partial charge in [0.05, 0.1) is 0 Å². The third-order valence-electron chi connectivity index (χ3n) is 3.14. The highest BCUT2D eigenvalue weighted by Crippen LogP contribution is 2.25. The highest BCUT2D eigenvalue weighted by molar-refractivity contribution is 6.67. The Morgan fingerprint density at radius 3 is 1.65 bits per heavy atom. The van der Waals surface area contributed by atoms with Crippen molar-refractivity contribution < 1.29 is 8.85 Å². The second-order valence-corrected chi connectivity index (χ2v) is 8.09. The van der Waals surface area contributed by atoms with Crippen LogP contribution in [0.5, 0.6) is 0 Å². The van der Waals surface area contributed by atoms with Gasteiger partial charge in [-0.05, 0) is 25.9 Å². The van der Waals surface area contributed by atoms with E-state index in [1.54, 1.807) is 0 Å². The molecule has 0 amide bonds. The molecule has 0 saturated heterocycles. The van der Waals surface area contributed by atoms with Crippen LogP contribution in [0.3, 0.4) is 0 Å². The largest absolute Gasteiger partial charge is 0.394 e. The van der Waals surface area contributed by atoms with Crippen LogP contribution in [0.2, 0.25) is 12.1 Å². The van der Waals surface area contributed by atoms with Crippen molar-refractivity contribution in [1.82, 2.24) is 0 Å². The van der Waals surface area contributed by atoms with Crippen LogP contribution in [0.15, 0.2) is 0 Å². The minimum absolute atomic E-state index is 0.809. The summed E-state index contributed by atoms with van der Waals surface area (Å²) in [5, 5.41) is 0. The fraction of sp³-hybridized carbons (Fsp3) is 1.00. The van der Waals surface area contributed by atoms with Crippen LogP contribution in [-0.2, 0) is 8.85 Å². The molecule has 3 heteroatoms. The van der Waals surface area contributed by atoms with Crippen LogP contribution in [0.4, 0.5) is 0 Å². The van der Waals surface area contributed by atoms with E-state index in [-0.39, 0.29) is 0 Å². The molecule has 0 aromatic rings. The van der Waals surface area contributed by atoms with Gasteiger partial charge in [0.1, 0.15) is 0 Å². The predicted molar refractivity (Wildman–Crippen MR) is 77.7 cm³/mol. The van der Waals surface area contributed by atoms with Crippen LogP contribution in [0.25, 0.3) is 0 Å². The standard InChI is InChI=1S/C14H32O2Si/c1-5-9-11-12-14-17(15-7-3,16-8-4)13-10-6-2/h5-14H2,1-4H3. The van der Waals surface area contributed by atoms with Gasteiger partial charge < -0.3 is 8.85 Å². The summed E-state index contributed by atoms with van der Waals surface area (Å²) in [7, 11) is -1.87. The Morgan fingerprint density at radius 2 is 1.18 bits per heavy atom. The topological polar surface area (TPSA) is 18.5 Å². The molecule has 0 heterocycles. The van der Waals surface area contributed by atoms with Crippen LogP contribution < -0.4 is 0 Å². The molecule has 0 aliphatic rings. The normalized spacial score (nSPS) is 12.0. The van der Waals surface area contributed by atoms with Gasteiger partial charge in [-0.1, -0.05) is 52.4 Å². The van der Waals surface area contributed by atoms with Gasteiger partial charge in [0.25, 0.3) is 0 Å². The maximum atomic E-state index is 6.07. The van der Waals surface area contributed by atoms with Crippen LogP contribution >= 0.6 is 0 Å². The molecule has 0 N–H and O–H groups in total. The van der Waals surface area contributed by atoms with E-state index in [1.807, 2.05) is 0 Å². The smallest absolute Gasteiger partial charge is 0.338 e. The quantitative estimate of drug-likeness (QED) is 0.368. The summed E-state index contributed by atoms with van der Waals surface area (Å²) in [5.41, 5.74) is 0. The zero-order valence-corrected chi connectivity index (χ0v) is 13.4. The van der Waals surface area contributed by atoms with Gasteiger partial charge in [-0.15, -0.1) is 0 Å². The molecule has 0 unspecified atom stereocenters. The predicted octanol–water partition coefficient (Wildman–Crippen LogP) is 4.88. The highest BCUT2D eigenvalue weighted by Gasteiger charge is 2.35. The van der Waals surface area contributed by atoms with Crippen LogP contribution in [0.1, 0.15) is 66.2 Å². The average Bonchev–Trinajstić information content (AvgIpc) is 2.33. The molecular formula is C14H32O2Si. The summed E-state index contributed by atoms with van der Waals surface area (Å²) in [5.74, 6) is 0. The number of unbranched alkanes of at least 4 members (excludes halogenated alkanes) is 4. The van der Waals surface area contributed by atoms with Crippen molar-refractivity contribution in [2.45, 2.75) is 78.3 Å². The second-order valence-electron chi connectivity index (χ2n) is 4.69. The molecule has 104 valence electrons. The van der Waals surface area contributed by atoms with E-state index in [0.29, 0.717) is 0 Å². The zero-order valence-electron chi connectivity index (χ0n) is 12.4. The molecule has 0 aromatic heterocycles. The summed E-state index contributed by atoms with van der Waals surface area (Å²) in [4.78, 5) is 0. The van der Waals surface area contributed by atoms with Gasteiger partial charge in [0.2, 0.25) is 0 Å². The molecule has 0 aliphatic carbocycles. The number of hydrogen-bond donors (Lipinski definition) is 0. The Bertz CT molecular complexity index is 156. The van der Waals surface area contributed by atoms with E-state index < -0.39 is 8.56 Å². The molecule has 0 aromatic carbocycles. The third kappa shape index (κ3) is 7.95. The van der Waals surface area contributed by atoms with Crippen LogP contribution in [-0.4, -0.2) is 21.8 Å². The second kappa shape index (κ2) is 11.2. The maximum Gasteiger partial charge on any atom is 0.338 e. The van der Waals surface area contributed by atoms with Gasteiger partial charge in [-0.25, -0.2) is 0 Å². The minimum Gasteiger partial charge on any atom is -0.394 e. The van der Waals surface area contributed by atoms with Crippen molar-refractivity contribution >= 4 is 8.56 Å². The summed E-state index contributed by atoms with van der Waals surface area (Å²) in [6.07, 6.45) is 7.74. The summed E-state index contributed by atoms with van der Waals surface area (Å²) in [6, 6.07) is 2.37. The van der Waals surface area contributed by atoms with Crippen molar-refractivity contribution in [3.8, 4) is 0 Å². The van der Waals surface area contributed by atoms with Gasteiger partial charge in [-0.2, -0.15) is 0 Å². The minimum atomic E-state index is -1.87. The molecule has 0 bridgehead atoms. The van der Waals surface area contributed by atoms with Crippen molar-refractivity contribution in [1.29, 1.82) is 0 Å². The van der Waals surface area contributed by atoms with E-state index in [4.69, 9.17) is 8.85 Å². The molecule has 2 nitrogen and oxygen atoms in total. The first kappa shape index (κ1) is 17.1. The van der Waals surface area contributed by atoms with Gasteiger partial charge in [0, 0.05) is 13.2 Å². The Kier molecular flexibility index (Phi) is 11.3. The van der Waals surface area contributed by atoms with Crippen molar-refractivity contribution in [2.24, 2.45) is 0 Å². The summed E-state index contributed by atoms with van der Waals surface area (Å²) >= 11 is 0. The average molecular weight is 260 g/mol. The van der Waals surface area contributed by atoms with Crippen LogP contribution in [0, 0.1) is 0 Å². The van der Waals surface area contributed by atoms with Gasteiger partial charge in [0.15, 0.2) is 0 Å². The first-order valence-corrected chi connectivity index (χ1v) is 9.75. The van der Waals surface area contributed by atoms with E-state index in [1.165, 1.54) is 50.6 Å². The lowest BCUT2D eigenvalue weighted by Gasteiger charge is -2.30. The number of hydrogen-bond acceptors (Lipinski definition) is 2. The molecule has 0 rings (SSSR count). The van der Waals surface area contributed by atoms with E-state index >= 15 is 0 Å².